The van der Waals surface area contributed by atoms with Gasteiger partial charge < -0.3 is 15.1 Å². The third-order valence-corrected chi connectivity index (χ3v) is 12.6. The summed E-state index contributed by atoms with van der Waals surface area (Å²) in [6.45, 7) is 7.45. The number of piperidine rings is 2. The summed E-state index contributed by atoms with van der Waals surface area (Å²) in [5, 5.41) is 5.40. The number of imide groups is 1. The summed E-state index contributed by atoms with van der Waals surface area (Å²) in [5.41, 5.74) is 1.87. The Balaban J connectivity index is 0.850. The fraction of sp³-hybridized carbons (Fsp3) is 0.500. The first-order valence-electron chi connectivity index (χ1n) is 18.1. The molecule has 17 heteroatoms. The summed E-state index contributed by atoms with van der Waals surface area (Å²) in [5.74, 6) is 0.409. The van der Waals surface area contributed by atoms with Crippen LogP contribution < -0.4 is 25.3 Å². The van der Waals surface area contributed by atoms with Crippen LogP contribution in [0.15, 0.2) is 65.8 Å². The molecule has 0 aliphatic carbocycles. The van der Waals surface area contributed by atoms with Crippen LogP contribution in [0.1, 0.15) is 37.7 Å². The number of hydrogen-bond acceptors (Lipinski definition) is 10. The molecule has 3 aromatic rings. The molecular formula is C36H44F3N9O4S. The predicted molar refractivity (Wildman–Crippen MR) is 194 cm³/mol. The summed E-state index contributed by atoms with van der Waals surface area (Å²) in [7, 11) is -3.72. The molecule has 0 spiro atoms. The minimum absolute atomic E-state index is 0.0878. The van der Waals surface area contributed by atoms with Crippen molar-refractivity contribution in [1.29, 1.82) is 0 Å². The van der Waals surface area contributed by atoms with Crippen molar-refractivity contribution in [1.82, 2.24) is 24.5 Å². The van der Waals surface area contributed by atoms with Gasteiger partial charge in [-0.05, 0) is 74.1 Å². The molecule has 3 amide bonds. The highest BCUT2D eigenvalue weighted by Gasteiger charge is 2.33. The van der Waals surface area contributed by atoms with Crippen LogP contribution in [0.25, 0.3) is 0 Å². The van der Waals surface area contributed by atoms with Gasteiger partial charge in [0.15, 0.2) is 0 Å². The number of aromatic nitrogens is 2. The van der Waals surface area contributed by atoms with E-state index in [1.165, 1.54) is 4.31 Å². The third-order valence-electron chi connectivity index (χ3n) is 10.7. The number of carbonyl (C=O) groups is 2. The fourth-order valence-corrected chi connectivity index (χ4v) is 9.05. The number of nitrogens with one attached hydrogen (secondary N) is 2. The van der Waals surface area contributed by atoms with Crippen molar-refractivity contribution < 1.29 is 31.2 Å². The Morgan fingerprint density at radius 3 is 2.06 bits per heavy atom. The van der Waals surface area contributed by atoms with Gasteiger partial charge in [0.1, 0.15) is 0 Å². The van der Waals surface area contributed by atoms with E-state index in [0.717, 1.165) is 88.1 Å². The zero-order valence-electron chi connectivity index (χ0n) is 29.3. The maximum Gasteiger partial charge on any atom is 0.419 e. The van der Waals surface area contributed by atoms with Gasteiger partial charge >= 0.3 is 12.2 Å². The van der Waals surface area contributed by atoms with E-state index in [9.17, 15) is 31.2 Å². The van der Waals surface area contributed by atoms with Crippen LogP contribution in [-0.4, -0.2) is 111 Å². The van der Waals surface area contributed by atoms with Crippen LogP contribution in [0.2, 0.25) is 0 Å². The summed E-state index contributed by atoms with van der Waals surface area (Å²) in [4.78, 5) is 40.2. The fourth-order valence-electron chi connectivity index (χ4n) is 7.54. The van der Waals surface area contributed by atoms with Gasteiger partial charge in [-0.25, -0.2) is 23.2 Å². The molecule has 13 nitrogen and oxygen atoms in total. The number of piperazine rings is 1. The molecular weight excluding hydrogens is 712 g/mol. The van der Waals surface area contributed by atoms with Crippen molar-refractivity contribution in [3.63, 3.8) is 0 Å². The number of rotatable bonds is 9. The summed E-state index contributed by atoms with van der Waals surface area (Å²) in [6.07, 6.45) is 0.267. The molecule has 7 rings (SSSR count). The van der Waals surface area contributed by atoms with Gasteiger partial charge in [-0.2, -0.15) is 17.5 Å². The lowest BCUT2D eigenvalue weighted by Crippen LogP contribution is -2.49. The Hall–Kier alpha value is -4.48. The van der Waals surface area contributed by atoms with Crippen molar-refractivity contribution in [2.75, 3.05) is 85.5 Å². The highest BCUT2D eigenvalue weighted by Crippen LogP contribution is 2.31. The SMILES string of the molecule is O=C1CCN(c2ccc(N3CCN(CC4CCN(c5cccc(S(=O)(=O)N6CCC(Nc7ncc(C(F)(F)F)cn7)CC6)c5)CC4)CC3)cc2)C(=O)N1. The molecule has 4 aliphatic heterocycles. The number of benzene rings is 2. The largest absolute Gasteiger partial charge is 0.419 e. The normalized spacial score (nSPS) is 20.5. The quantitative estimate of drug-likeness (QED) is 0.327. The van der Waals surface area contributed by atoms with Gasteiger partial charge in [0, 0.05) is 107 Å². The zero-order chi connectivity index (χ0) is 37.2. The Morgan fingerprint density at radius 2 is 1.42 bits per heavy atom. The number of urea groups is 1. The molecule has 53 heavy (non-hydrogen) atoms. The molecule has 284 valence electrons. The second-order valence-corrected chi connectivity index (χ2v) is 16.0. The molecule has 5 heterocycles. The standard InChI is InChI=1S/C36H44F3N9O4S/c37-36(38,39)27-23-40-34(41-24-27)42-28-10-15-47(16-11-28)53(51,52)32-3-1-2-31(22-32)45-13-8-26(9-14-45)25-44-18-20-46(21-19-44)29-4-6-30(7-5-29)48-17-12-33(49)43-35(48)50/h1-7,22-24,26,28H,8-21,25H2,(H,40,41,42)(H,43,49,50). The van der Waals surface area contributed by atoms with E-state index in [1.807, 2.05) is 30.3 Å². The molecule has 2 N–H and O–H groups in total. The number of nitrogens with zero attached hydrogens (tertiary/aromatic N) is 7. The van der Waals surface area contributed by atoms with Crippen LogP contribution >= 0.6 is 0 Å². The molecule has 2 aromatic carbocycles. The van der Waals surface area contributed by atoms with Gasteiger partial charge in [0.2, 0.25) is 21.9 Å². The average Bonchev–Trinajstić information content (AvgIpc) is 3.16. The van der Waals surface area contributed by atoms with E-state index < -0.39 is 21.8 Å². The molecule has 0 saturated carbocycles. The lowest BCUT2D eigenvalue weighted by atomic mass is 9.95. The number of halogens is 3. The highest BCUT2D eigenvalue weighted by molar-refractivity contribution is 7.89. The molecule has 0 radical (unpaired) electrons. The van der Waals surface area contributed by atoms with Crippen molar-refractivity contribution in [2.24, 2.45) is 5.92 Å². The number of carbonyl (C=O) groups excluding carboxylic acids is 2. The van der Waals surface area contributed by atoms with Crippen LogP contribution in [0.4, 0.5) is 41.0 Å². The minimum Gasteiger partial charge on any atom is -0.371 e. The summed E-state index contributed by atoms with van der Waals surface area (Å²) < 4.78 is 67.2. The predicted octanol–water partition coefficient (Wildman–Crippen LogP) is 4.25. The van der Waals surface area contributed by atoms with E-state index in [2.05, 4.69) is 35.3 Å². The topological polar surface area (TPSA) is 134 Å². The maximum absolute atomic E-state index is 13.6. The van der Waals surface area contributed by atoms with E-state index in [0.29, 0.717) is 31.7 Å². The van der Waals surface area contributed by atoms with Gasteiger partial charge in [-0.1, -0.05) is 6.07 Å². The van der Waals surface area contributed by atoms with Crippen LogP contribution in [0.5, 0.6) is 0 Å². The lowest BCUT2D eigenvalue weighted by molar-refractivity contribution is -0.138. The van der Waals surface area contributed by atoms with Crippen LogP contribution in [0.3, 0.4) is 0 Å². The lowest BCUT2D eigenvalue weighted by Gasteiger charge is -2.40. The van der Waals surface area contributed by atoms with Gasteiger partial charge in [-0.3, -0.25) is 19.9 Å². The molecule has 0 unspecified atom stereocenters. The average molecular weight is 756 g/mol. The van der Waals surface area contributed by atoms with Crippen molar-refractivity contribution in [3.05, 3.63) is 66.5 Å². The van der Waals surface area contributed by atoms with E-state index in [1.54, 1.807) is 23.1 Å². The first-order chi connectivity index (χ1) is 25.4. The minimum atomic E-state index is -4.51. The second-order valence-electron chi connectivity index (χ2n) is 14.1. The second kappa shape index (κ2) is 15.5. The van der Waals surface area contributed by atoms with Crippen molar-refractivity contribution in [2.45, 2.75) is 49.2 Å². The van der Waals surface area contributed by atoms with Gasteiger partial charge in [-0.15, -0.1) is 0 Å². The zero-order valence-corrected chi connectivity index (χ0v) is 30.2. The molecule has 0 bridgehead atoms. The van der Waals surface area contributed by atoms with Crippen LogP contribution in [-0.2, 0) is 21.0 Å². The number of amides is 3. The Labute approximate surface area is 307 Å². The Kier molecular flexibility index (Phi) is 10.8. The summed E-state index contributed by atoms with van der Waals surface area (Å²) >= 11 is 0. The molecule has 4 aliphatic rings. The van der Waals surface area contributed by atoms with E-state index >= 15 is 0 Å². The molecule has 4 saturated heterocycles. The Morgan fingerprint density at radius 1 is 0.774 bits per heavy atom. The number of anilines is 4. The highest BCUT2D eigenvalue weighted by atomic mass is 32.2. The monoisotopic (exact) mass is 755 g/mol. The first-order valence-corrected chi connectivity index (χ1v) is 19.6. The number of sulfonamides is 1. The first kappa shape index (κ1) is 36.9. The summed E-state index contributed by atoms with van der Waals surface area (Å²) in [6, 6.07) is 14.6. The molecule has 1 aromatic heterocycles. The number of hydrogen-bond donors (Lipinski definition) is 2. The Bertz CT molecular complexity index is 1860. The van der Waals surface area contributed by atoms with Crippen molar-refractivity contribution >= 4 is 45.0 Å². The number of alkyl halides is 3. The van der Waals surface area contributed by atoms with Gasteiger partial charge in [0.25, 0.3) is 0 Å². The van der Waals surface area contributed by atoms with E-state index in [4.69, 9.17) is 0 Å². The third kappa shape index (κ3) is 8.68. The van der Waals surface area contributed by atoms with Crippen LogP contribution in [0, 0.1) is 5.92 Å². The smallest absolute Gasteiger partial charge is 0.371 e. The maximum atomic E-state index is 13.6. The van der Waals surface area contributed by atoms with Crippen molar-refractivity contribution in [3.8, 4) is 0 Å². The molecule has 4 fully saturated rings. The van der Waals surface area contributed by atoms with E-state index in [-0.39, 0.29) is 41.9 Å². The molecule has 0 atom stereocenters. The van der Waals surface area contributed by atoms with Gasteiger partial charge in [0.05, 0.1) is 10.5 Å².